The van der Waals surface area contributed by atoms with Crippen molar-refractivity contribution in [1.82, 2.24) is 20.4 Å². The third-order valence-electron chi connectivity index (χ3n) is 10.6. The first-order valence-corrected chi connectivity index (χ1v) is 19.6. The fourth-order valence-electron chi connectivity index (χ4n) is 7.42. The Hall–Kier alpha value is -2.08. The third-order valence-corrected chi connectivity index (χ3v) is 10.6. The summed E-state index contributed by atoms with van der Waals surface area (Å²) in [6.45, 7) is 9.42. The summed E-state index contributed by atoms with van der Waals surface area (Å²) in [6.07, 6.45) is 10.1. The highest BCUT2D eigenvalue weighted by Gasteiger charge is 2.35. The molecule has 50 heavy (non-hydrogen) atoms. The van der Waals surface area contributed by atoms with Gasteiger partial charge in [0.15, 0.2) is 0 Å². The first-order chi connectivity index (χ1) is 24.1. The van der Waals surface area contributed by atoms with Crippen LogP contribution in [0.5, 0.6) is 0 Å². The summed E-state index contributed by atoms with van der Waals surface area (Å²) in [5.41, 5.74) is 1.17. The molecule has 1 heterocycles. The number of nitrogens with one attached hydrogen (secondary N) is 2. The zero-order valence-corrected chi connectivity index (χ0v) is 32.1. The van der Waals surface area contributed by atoms with Crippen molar-refractivity contribution in [3.05, 3.63) is 35.9 Å². The van der Waals surface area contributed by atoms with Crippen LogP contribution in [0.15, 0.2) is 30.3 Å². The molecular formula is C40H70N4O6. The Bertz CT molecular complexity index is 1060. The molecule has 2 amide bonds. The molecule has 2 aliphatic rings. The van der Waals surface area contributed by atoms with Gasteiger partial charge in [-0.2, -0.15) is 0 Å². The number of carbonyl (C=O) groups excluding carboxylic acids is 2. The van der Waals surface area contributed by atoms with Crippen LogP contribution < -0.4 is 10.6 Å². The zero-order chi connectivity index (χ0) is 36.3. The van der Waals surface area contributed by atoms with Gasteiger partial charge in [0.05, 0.1) is 18.2 Å². The Morgan fingerprint density at radius 1 is 1.02 bits per heavy atom. The first kappa shape index (κ1) is 42.3. The first-order valence-electron chi connectivity index (χ1n) is 19.6. The summed E-state index contributed by atoms with van der Waals surface area (Å²) in [6, 6.07) is 9.89. The maximum absolute atomic E-state index is 14.3. The van der Waals surface area contributed by atoms with E-state index in [9.17, 15) is 14.7 Å². The van der Waals surface area contributed by atoms with Crippen LogP contribution in [0.2, 0.25) is 0 Å². The van der Waals surface area contributed by atoms with Crippen molar-refractivity contribution in [2.45, 2.75) is 135 Å². The number of hydrogen-bond acceptors (Lipinski definition) is 8. The monoisotopic (exact) mass is 703 g/mol. The van der Waals surface area contributed by atoms with Gasteiger partial charge in [0.25, 0.3) is 0 Å². The van der Waals surface area contributed by atoms with Gasteiger partial charge in [0, 0.05) is 45.6 Å². The van der Waals surface area contributed by atoms with E-state index in [1.807, 2.05) is 51.0 Å². The third kappa shape index (κ3) is 15.3. The zero-order valence-electron chi connectivity index (χ0n) is 32.1. The molecule has 3 rings (SSSR count). The summed E-state index contributed by atoms with van der Waals surface area (Å²) in [5, 5.41) is 18.2. The van der Waals surface area contributed by atoms with E-state index in [0.29, 0.717) is 44.9 Å². The standard InChI is InChI=1S/C40H70N4O6/c1-7-8-19-37(50-38(27-32-17-13-10-14-18-32)44-23-20-33(21-24-44)49-29-48-6)40(47)42-35(26-31-15-11-9-12-16-31)36(45)28-34(30(2)3)39(46)41-22-25-43(4)5/h10,13-14,17-18,30-31,33-38,45H,7-9,11-12,15-16,19-29H2,1-6H3,(H,41,46)(H,42,47)/t34-,35-,36-,37-,38-/m0/s1. The molecule has 1 saturated heterocycles. The molecule has 2 fully saturated rings. The number of ether oxygens (including phenoxy) is 3. The highest BCUT2D eigenvalue weighted by atomic mass is 16.7. The number of methoxy groups -OCH3 is 1. The Balaban J connectivity index is 1.79. The van der Waals surface area contributed by atoms with Gasteiger partial charge in [0.2, 0.25) is 11.8 Å². The van der Waals surface area contributed by atoms with E-state index in [1.54, 1.807) is 7.11 Å². The van der Waals surface area contributed by atoms with Gasteiger partial charge in [0.1, 0.15) is 19.1 Å². The molecule has 1 saturated carbocycles. The molecule has 1 aliphatic heterocycles. The lowest BCUT2D eigenvalue weighted by atomic mass is 9.81. The Morgan fingerprint density at radius 3 is 2.34 bits per heavy atom. The minimum Gasteiger partial charge on any atom is -0.391 e. The fraction of sp³-hybridized carbons (Fsp3) is 0.800. The van der Waals surface area contributed by atoms with Gasteiger partial charge in [-0.1, -0.05) is 96.0 Å². The molecule has 1 aromatic rings. The van der Waals surface area contributed by atoms with Gasteiger partial charge < -0.3 is 34.9 Å². The number of aliphatic hydroxyl groups is 1. The largest absolute Gasteiger partial charge is 0.391 e. The molecule has 0 radical (unpaired) electrons. The molecule has 10 heteroatoms. The summed E-state index contributed by atoms with van der Waals surface area (Å²) < 4.78 is 17.9. The molecule has 286 valence electrons. The van der Waals surface area contributed by atoms with E-state index >= 15 is 0 Å². The summed E-state index contributed by atoms with van der Waals surface area (Å²) in [7, 11) is 5.61. The molecule has 5 atom stereocenters. The van der Waals surface area contributed by atoms with Gasteiger partial charge >= 0.3 is 0 Å². The van der Waals surface area contributed by atoms with E-state index in [2.05, 4.69) is 34.6 Å². The van der Waals surface area contributed by atoms with Crippen molar-refractivity contribution in [2.75, 3.05) is 54.2 Å². The SMILES string of the molecule is CCCC[C@H](O[C@@H](Cc1ccccc1)N1CCC(OCOC)CC1)C(=O)N[C@@H](CC1CCCCC1)[C@@H](O)C[C@H](C(=O)NCCN(C)C)C(C)C. The highest BCUT2D eigenvalue weighted by molar-refractivity contribution is 5.81. The second-order valence-corrected chi connectivity index (χ2v) is 15.3. The van der Waals surface area contributed by atoms with Gasteiger partial charge in [-0.3, -0.25) is 14.5 Å². The molecular weight excluding hydrogens is 632 g/mol. The maximum atomic E-state index is 14.3. The number of unbranched alkanes of at least 4 members (excludes halogenated alkanes) is 1. The van der Waals surface area contributed by atoms with Crippen molar-refractivity contribution < 1.29 is 28.9 Å². The second kappa shape index (κ2) is 23.5. The number of piperidine rings is 1. The van der Waals surface area contributed by atoms with Crippen LogP contribution in [-0.2, 0) is 30.2 Å². The van der Waals surface area contributed by atoms with Gasteiger partial charge in [-0.05, 0) is 63.6 Å². The Labute approximate surface area is 303 Å². The molecule has 0 spiro atoms. The number of aliphatic hydroxyl groups excluding tert-OH is 1. The van der Waals surface area contributed by atoms with Crippen LogP contribution >= 0.6 is 0 Å². The van der Waals surface area contributed by atoms with E-state index in [0.717, 1.165) is 58.2 Å². The van der Waals surface area contributed by atoms with E-state index in [-0.39, 0.29) is 36.0 Å². The quantitative estimate of drug-likeness (QED) is 0.131. The highest BCUT2D eigenvalue weighted by Crippen LogP contribution is 2.30. The minimum absolute atomic E-state index is 0.0343. The van der Waals surface area contributed by atoms with Crippen molar-refractivity contribution in [3.8, 4) is 0 Å². The van der Waals surface area contributed by atoms with Gasteiger partial charge in [-0.15, -0.1) is 0 Å². The van der Waals surface area contributed by atoms with Gasteiger partial charge in [-0.25, -0.2) is 0 Å². The normalized spacial score (nSPS) is 19.6. The topological polar surface area (TPSA) is 113 Å². The predicted molar refractivity (Wildman–Crippen MR) is 200 cm³/mol. The van der Waals surface area contributed by atoms with E-state index in [1.165, 1.54) is 24.8 Å². The number of carbonyl (C=O) groups is 2. The lowest BCUT2D eigenvalue weighted by Gasteiger charge is -2.39. The summed E-state index contributed by atoms with van der Waals surface area (Å²) >= 11 is 0. The van der Waals surface area contributed by atoms with Crippen molar-refractivity contribution >= 4 is 11.8 Å². The molecule has 0 unspecified atom stereocenters. The average molecular weight is 703 g/mol. The number of rotatable bonds is 23. The lowest BCUT2D eigenvalue weighted by Crippen LogP contribution is -2.53. The number of nitrogens with zero attached hydrogens (tertiary/aromatic N) is 2. The predicted octanol–water partition coefficient (Wildman–Crippen LogP) is 5.37. The smallest absolute Gasteiger partial charge is 0.249 e. The Kier molecular flexibility index (Phi) is 19.9. The van der Waals surface area contributed by atoms with E-state index < -0.39 is 18.2 Å². The summed E-state index contributed by atoms with van der Waals surface area (Å²) in [5.74, 6) is -0.0497. The molecule has 3 N–H and O–H groups in total. The number of likely N-dealkylation sites (N-methyl/N-ethyl adjacent to an activating group) is 1. The number of likely N-dealkylation sites (tertiary alicyclic amines) is 1. The molecule has 1 aromatic carbocycles. The van der Waals surface area contributed by atoms with Crippen LogP contribution in [-0.4, -0.2) is 111 Å². The molecule has 1 aliphatic carbocycles. The minimum atomic E-state index is -0.842. The van der Waals surface area contributed by atoms with Crippen LogP contribution in [0.3, 0.4) is 0 Å². The second-order valence-electron chi connectivity index (χ2n) is 15.3. The average Bonchev–Trinajstić information content (AvgIpc) is 3.11. The molecule has 0 bridgehead atoms. The van der Waals surface area contributed by atoms with Crippen LogP contribution in [0.1, 0.15) is 103 Å². The molecule has 10 nitrogen and oxygen atoms in total. The molecule has 0 aromatic heterocycles. The Morgan fingerprint density at radius 2 is 1.72 bits per heavy atom. The number of benzene rings is 1. The fourth-order valence-corrected chi connectivity index (χ4v) is 7.42. The van der Waals surface area contributed by atoms with Crippen LogP contribution in [0.4, 0.5) is 0 Å². The lowest BCUT2D eigenvalue weighted by molar-refractivity contribution is -0.157. The number of amides is 2. The van der Waals surface area contributed by atoms with Crippen molar-refractivity contribution in [2.24, 2.45) is 17.8 Å². The van der Waals surface area contributed by atoms with E-state index in [4.69, 9.17) is 14.2 Å². The maximum Gasteiger partial charge on any atom is 0.249 e. The van der Waals surface area contributed by atoms with Crippen molar-refractivity contribution in [3.63, 3.8) is 0 Å². The summed E-state index contributed by atoms with van der Waals surface area (Å²) in [4.78, 5) is 32.0. The number of hydrogen-bond donors (Lipinski definition) is 3. The van der Waals surface area contributed by atoms with Crippen molar-refractivity contribution in [1.29, 1.82) is 0 Å². The van der Waals surface area contributed by atoms with Crippen LogP contribution in [0, 0.1) is 17.8 Å². The van der Waals surface area contributed by atoms with Crippen LogP contribution in [0.25, 0.3) is 0 Å².